The second-order valence-corrected chi connectivity index (χ2v) is 9.66. The molecule has 2 aliphatic carbocycles. The zero-order chi connectivity index (χ0) is 28.9. The molecule has 1 saturated carbocycles. The minimum atomic E-state index is -0.281. The molecule has 0 unspecified atom stereocenters. The minimum Gasteiger partial charge on any atom is -0.483 e. The Morgan fingerprint density at radius 1 is 1.23 bits per heavy atom. The summed E-state index contributed by atoms with van der Waals surface area (Å²) in [4.78, 5) is 23.2. The average Bonchev–Trinajstić information content (AvgIpc) is 3.50. The number of benzene rings is 1. The summed E-state index contributed by atoms with van der Waals surface area (Å²) in [5, 5.41) is 10.9. The fourth-order valence-electron chi connectivity index (χ4n) is 3.95. The summed E-state index contributed by atoms with van der Waals surface area (Å²) in [6.07, 6.45) is 34.0. The number of anilines is 1. The van der Waals surface area contributed by atoms with E-state index in [0.717, 1.165) is 39.7 Å². The molecule has 2 N–H and O–H groups in total. The van der Waals surface area contributed by atoms with Gasteiger partial charge in [0.05, 0.1) is 10.2 Å². The van der Waals surface area contributed by atoms with Gasteiger partial charge in [-0.15, -0.1) is 12.8 Å². The van der Waals surface area contributed by atoms with E-state index < -0.39 is 0 Å². The molecule has 7 heteroatoms. The van der Waals surface area contributed by atoms with Crippen LogP contribution in [0.1, 0.15) is 52.4 Å². The lowest BCUT2D eigenvalue weighted by molar-refractivity contribution is -0.122. The van der Waals surface area contributed by atoms with Crippen LogP contribution in [0, 0.1) is 24.6 Å². The number of carbonyl (C=O) groups is 2. The number of rotatable bonds is 7. The maximum absolute atomic E-state index is 13.4. The number of nitrogens with one attached hydrogen (secondary N) is 1. The van der Waals surface area contributed by atoms with Gasteiger partial charge >= 0.3 is 0 Å². The molecule has 0 amide bonds. The van der Waals surface area contributed by atoms with Crippen LogP contribution in [-0.2, 0) is 9.59 Å². The van der Waals surface area contributed by atoms with E-state index in [-0.39, 0.29) is 12.3 Å². The largest absolute Gasteiger partial charge is 0.483 e. The van der Waals surface area contributed by atoms with E-state index >= 15 is 0 Å². The molecule has 39 heavy (non-hydrogen) atoms. The number of carbonyl (C=O) groups excluding carboxylic acids is 1. The van der Waals surface area contributed by atoms with Crippen LogP contribution in [0.3, 0.4) is 0 Å². The third-order valence-electron chi connectivity index (χ3n) is 5.75. The van der Waals surface area contributed by atoms with Crippen molar-refractivity contribution in [3.63, 3.8) is 0 Å². The molecule has 0 aliphatic heterocycles. The van der Waals surface area contributed by atoms with Crippen LogP contribution >= 0.6 is 11.3 Å². The number of halogens is 1. The van der Waals surface area contributed by atoms with E-state index in [1.165, 1.54) is 60.8 Å². The fraction of sp³-hybridized carbons (Fsp3) is 0.281. The number of hydrogen-bond donors (Lipinski definition) is 2. The van der Waals surface area contributed by atoms with Gasteiger partial charge in [-0.2, -0.15) is 0 Å². The van der Waals surface area contributed by atoms with Crippen LogP contribution in [0.25, 0.3) is 10.2 Å². The lowest BCUT2D eigenvalue weighted by Gasteiger charge is -2.04. The maximum atomic E-state index is 13.4. The van der Waals surface area contributed by atoms with Crippen molar-refractivity contribution in [1.82, 2.24) is 4.98 Å². The Morgan fingerprint density at radius 3 is 2.56 bits per heavy atom. The predicted octanol–water partition coefficient (Wildman–Crippen LogP) is 8.41. The third kappa shape index (κ3) is 12.9. The number of aldehydes is 1. The van der Waals surface area contributed by atoms with Crippen molar-refractivity contribution in [3.05, 3.63) is 95.5 Å². The number of aromatic nitrogens is 1. The first-order valence-corrected chi connectivity index (χ1v) is 13.6. The minimum absolute atomic E-state index is 0.250. The smallest absolute Gasteiger partial charge is 0.290 e. The fourth-order valence-corrected chi connectivity index (χ4v) is 4.81. The van der Waals surface area contributed by atoms with Crippen molar-refractivity contribution in [2.24, 2.45) is 5.92 Å². The molecule has 1 aromatic heterocycles. The van der Waals surface area contributed by atoms with Gasteiger partial charge in [0.2, 0.25) is 0 Å². The van der Waals surface area contributed by atoms with Crippen molar-refractivity contribution in [2.75, 3.05) is 5.32 Å². The number of allylic oxidation sites excluding steroid dienone is 11. The maximum Gasteiger partial charge on any atom is 0.290 e. The lowest BCUT2D eigenvalue weighted by atomic mass is 10.0. The Hall–Kier alpha value is -4.02. The molecule has 1 fully saturated rings. The first-order chi connectivity index (χ1) is 19.0. The van der Waals surface area contributed by atoms with Gasteiger partial charge < -0.3 is 10.4 Å². The standard InChI is InChI=1S/C23H21FN2OS.C6H12.C2H2.CH2O2/c1-2-7-17(8-4-3-5-15-27)18-9-6-10-20(13-11-18)25-23-26-21-16-19(24)12-14-22(21)28-23;1-6-4-2-3-5-6;1-2;2-1-3/h2-3,5-8,10-16H,4,9H2,1H3,(H,25,26);6H,2-5H2,1H3;1-2H;1H,(H,2,3)/b5-3+,7-2-,17-8+;;;. The lowest BCUT2D eigenvalue weighted by Crippen LogP contribution is -1.95. The van der Waals surface area contributed by atoms with Gasteiger partial charge in [-0.05, 0) is 67.2 Å². The van der Waals surface area contributed by atoms with E-state index in [1.54, 1.807) is 6.07 Å². The molecule has 2 aliphatic rings. The van der Waals surface area contributed by atoms with Crippen molar-refractivity contribution < 1.29 is 19.1 Å². The Balaban J connectivity index is 0.000000583. The van der Waals surface area contributed by atoms with Crippen molar-refractivity contribution in [1.29, 1.82) is 0 Å². The van der Waals surface area contributed by atoms with Gasteiger partial charge in [0.25, 0.3) is 6.47 Å². The first kappa shape index (κ1) is 33.0. The highest BCUT2D eigenvalue weighted by molar-refractivity contribution is 7.22. The highest BCUT2D eigenvalue weighted by Gasteiger charge is 2.08. The number of carboxylic acid groups (broad SMARTS) is 1. The molecule has 0 saturated heterocycles. The van der Waals surface area contributed by atoms with Crippen LogP contribution in [0.15, 0.2) is 89.7 Å². The molecular weight excluding hydrogens is 511 g/mol. The van der Waals surface area contributed by atoms with Gasteiger partial charge in [0.1, 0.15) is 12.1 Å². The van der Waals surface area contributed by atoms with Gasteiger partial charge in [0, 0.05) is 11.8 Å². The second kappa shape index (κ2) is 20.0. The zero-order valence-electron chi connectivity index (χ0n) is 22.6. The Kier molecular flexibility index (Phi) is 16.9. The van der Waals surface area contributed by atoms with Crippen LogP contribution in [0.4, 0.5) is 9.52 Å². The molecule has 1 aromatic carbocycles. The van der Waals surface area contributed by atoms with Crippen molar-refractivity contribution >= 4 is 39.4 Å². The Bertz CT molecular complexity index is 1240. The summed E-state index contributed by atoms with van der Waals surface area (Å²) in [7, 11) is 0. The van der Waals surface area contributed by atoms with Crippen LogP contribution in [0.5, 0.6) is 0 Å². The van der Waals surface area contributed by atoms with E-state index in [0.29, 0.717) is 11.9 Å². The SMILES string of the molecule is C#C.C/C=C\C(=C/C/C=C/C=O)C1=CC=C(Nc2nc3cc(F)ccc3s2)C=CC1.CC1CCCC1.O=CO. The van der Waals surface area contributed by atoms with Crippen LogP contribution in [0.2, 0.25) is 0 Å². The summed E-state index contributed by atoms with van der Waals surface area (Å²) in [5.41, 5.74) is 3.91. The van der Waals surface area contributed by atoms with E-state index in [2.05, 4.69) is 54.4 Å². The van der Waals surface area contributed by atoms with Gasteiger partial charge in [-0.25, -0.2) is 9.37 Å². The van der Waals surface area contributed by atoms with Gasteiger partial charge in [0.15, 0.2) is 5.13 Å². The Labute approximate surface area is 235 Å². The predicted molar refractivity (Wildman–Crippen MR) is 162 cm³/mol. The summed E-state index contributed by atoms with van der Waals surface area (Å²) >= 11 is 1.49. The molecule has 5 nitrogen and oxygen atoms in total. The Morgan fingerprint density at radius 2 is 1.95 bits per heavy atom. The summed E-state index contributed by atoms with van der Waals surface area (Å²) in [6, 6.07) is 4.64. The van der Waals surface area contributed by atoms with E-state index in [9.17, 15) is 9.18 Å². The quantitative estimate of drug-likeness (QED) is 0.157. The summed E-state index contributed by atoms with van der Waals surface area (Å²) in [6.45, 7) is 4.08. The first-order valence-electron chi connectivity index (χ1n) is 12.8. The molecule has 0 spiro atoms. The van der Waals surface area contributed by atoms with E-state index in [1.807, 2.05) is 31.2 Å². The molecule has 0 radical (unpaired) electrons. The molecular formula is C32H37FN2O3S. The highest BCUT2D eigenvalue weighted by Crippen LogP contribution is 2.28. The normalized spacial score (nSPS) is 15.2. The molecule has 0 atom stereocenters. The molecule has 206 valence electrons. The van der Waals surface area contributed by atoms with Crippen molar-refractivity contribution in [2.45, 2.75) is 52.4 Å². The number of fused-ring (bicyclic) bond motifs is 1. The number of hydrogen-bond acceptors (Lipinski definition) is 5. The molecule has 1 heterocycles. The highest BCUT2D eigenvalue weighted by atomic mass is 32.1. The summed E-state index contributed by atoms with van der Waals surface area (Å²) < 4.78 is 14.3. The van der Waals surface area contributed by atoms with E-state index in [4.69, 9.17) is 9.90 Å². The third-order valence-corrected chi connectivity index (χ3v) is 6.70. The number of terminal acetylenes is 1. The molecule has 4 rings (SSSR count). The average molecular weight is 549 g/mol. The molecule has 0 bridgehead atoms. The van der Waals surface area contributed by atoms with Gasteiger partial charge in [-0.3, -0.25) is 9.59 Å². The topological polar surface area (TPSA) is 79.3 Å². The summed E-state index contributed by atoms with van der Waals surface area (Å²) in [5.74, 6) is 0.766. The van der Waals surface area contributed by atoms with Crippen LogP contribution < -0.4 is 5.32 Å². The second-order valence-electron chi connectivity index (χ2n) is 8.63. The van der Waals surface area contributed by atoms with Gasteiger partial charge in [-0.1, -0.05) is 80.4 Å². The van der Waals surface area contributed by atoms with Crippen molar-refractivity contribution in [3.8, 4) is 12.8 Å². The van der Waals surface area contributed by atoms with Crippen LogP contribution in [-0.4, -0.2) is 22.8 Å². The number of thiazole rings is 1. The number of nitrogens with zero attached hydrogens (tertiary/aromatic N) is 1. The zero-order valence-corrected chi connectivity index (χ0v) is 23.4. The molecule has 2 aromatic rings. The monoisotopic (exact) mass is 548 g/mol.